The number of aryl methyl sites for hydroxylation is 1. The Labute approximate surface area is 116 Å². The molecule has 106 valence electrons. The molecule has 1 heterocycles. The number of nitrogens with zero attached hydrogens (tertiary/aromatic N) is 1. The van der Waals surface area contributed by atoms with Gasteiger partial charge in [0.2, 0.25) is 0 Å². The van der Waals surface area contributed by atoms with Crippen LogP contribution >= 0.6 is 0 Å². The summed E-state index contributed by atoms with van der Waals surface area (Å²) in [5.74, 6) is 0. The van der Waals surface area contributed by atoms with Crippen LogP contribution in [0.2, 0.25) is 0 Å². The van der Waals surface area contributed by atoms with Crippen molar-refractivity contribution in [3.05, 3.63) is 29.8 Å². The van der Waals surface area contributed by atoms with Gasteiger partial charge in [-0.1, -0.05) is 12.1 Å². The van der Waals surface area contributed by atoms with Crippen molar-refractivity contribution in [1.82, 2.24) is 5.32 Å². The van der Waals surface area contributed by atoms with E-state index in [0.29, 0.717) is 6.10 Å². The van der Waals surface area contributed by atoms with Crippen molar-refractivity contribution in [2.75, 3.05) is 37.7 Å². The number of hydrogen-bond acceptors (Lipinski definition) is 3. The summed E-state index contributed by atoms with van der Waals surface area (Å²) < 4.78 is 5.61. The Hall–Kier alpha value is -1.06. The minimum absolute atomic E-state index is 0.439. The second-order valence-corrected chi connectivity index (χ2v) is 5.26. The third kappa shape index (κ3) is 4.51. The van der Waals surface area contributed by atoms with Gasteiger partial charge in [-0.25, -0.2) is 0 Å². The lowest BCUT2D eigenvalue weighted by Gasteiger charge is -2.24. The zero-order valence-corrected chi connectivity index (χ0v) is 12.2. The Morgan fingerprint density at radius 3 is 3.00 bits per heavy atom. The molecular formula is C16H26N2O. The molecule has 1 aromatic carbocycles. The molecule has 1 aliphatic rings. The van der Waals surface area contributed by atoms with Gasteiger partial charge in [0.05, 0.1) is 6.10 Å². The average molecular weight is 262 g/mol. The van der Waals surface area contributed by atoms with Crippen molar-refractivity contribution in [2.45, 2.75) is 32.8 Å². The summed E-state index contributed by atoms with van der Waals surface area (Å²) in [7, 11) is 0. The van der Waals surface area contributed by atoms with Gasteiger partial charge in [-0.3, -0.25) is 0 Å². The maximum absolute atomic E-state index is 5.61. The van der Waals surface area contributed by atoms with Gasteiger partial charge in [0, 0.05) is 38.5 Å². The molecule has 3 heteroatoms. The molecule has 0 amide bonds. The highest BCUT2D eigenvalue weighted by atomic mass is 16.5. The number of likely N-dealkylation sites (N-methyl/N-ethyl adjacent to an activating group) is 1. The molecule has 1 fully saturated rings. The predicted octanol–water partition coefficient (Wildman–Crippen LogP) is 2.59. The van der Waals surface area contributed by atoms with Crippen molar-refractivity contribution in [2.24, 2.45) is 0 Å². The van der Waals surface area contributed by atoms with E-state index >= 15 is 0 Å². The van der Waals surface area contributed by atoms with Crippen molar-refractivity contribution < 1.29 is 4.74 Å². The number of nitrogens with one attached hydrogen (secondary N) is 1. The maximum atomic E-state index is 5.61. The molecule has 1 saturated heterocycles. The Balaban J connectivity index is 1.73. The maximum Gasteiger partial charge on any atom is 0.0700 e. The molecule has 0 radical (unpaired) electrons. The Bertz CT molecular complexity index is 375. The van der Waals surface area contributed by atoms with Crippen LogP contribution in [0.15, 0.2) is 24.3 Å². The summed E-state index contributed by atoms with van der Waals surface area (Å²) in [6.45, 7) is 9.40. The third-order valence-electron chi connectivity index (χ3n) is 3.70. The third-order valence-corrected chi connectivity index (χ3v) is 3.70. The van der Waals surface area contributed by atoms with E-state index in [-0.39, 0.29) is 0 Å². The fourth-order valence-electron chi connectivity index (χ4n) is 2.58. The van der Waals surface area contributed by atoms with Crippen LogP contribution in [0.3, 0.4) is 0 Å². The molecule has 0 bridgehead atoms. The van der Waals surface area contributed by atoms with Crippen LogP contribution in [0.25, 0.3) is 0 Å². The first-order valence-corrected chi connectivity index (χ1v) is 7.43. The lowest BCUT2D eigenvalue weighted by atomic mass is 10.2. The van der Waals surface area contributed by atoms with E-state index in [1.165, 1.54) is 24.1 Å². The summed E-state index contributed by atoms with van der Waals surface area (Å²) in [6, 6.07) is 8.72. The van der Waals surface area contributed by atoms with E-state index in [9.17, 15) is 0 Å². The van der Waals surface area contributed by atoms with Gasteiger partial charge in [0.25, 0.3) is 0 Å². The molecule has 3 nitrogen and oxygen atoms in total. The lowest BCUT2D eigenvalue weighted by Crippen LogP contribution is -2.35. The average Bonchev–Trinajstić information content (AvgIpc) is 2.92. The topological polar surface area (TPSA) is 24.5 Å². The molecule has 19 heavy (non-hydrogen) atoms. The number of rotatable bonds is 7. The van der Waals surface area contributed by atoms with Gasteiger partial charge < -0.3 is 15.0 Å². The van der Waals surface area contributed by atoms with Crippen LogP contribution in [0.5, 0.6) is 0 Å². The molecule has 2 rings (SSSR count). The number of ether oxygens (including phenoxy) is 1. The highest BCUT2D eigenvalue weighted by molar-refractivity contribution is 5.48. The summed E-state index contributed by atoms with van der Waals surface area (Å²) in [6.07, 6.45) is 2.87. The zero-order chi connectivity index (χ0) is 13.5. The molecule has 0 spiro atoms. The van der Waals surface area contributed by atoms with E-state index in [1.807, 2.05) is 0 Å². The van der Waals surface area contributed by atoms with Crippen LogP contribution in [0, 0.1) is 6.92 Å². The van der Waals surface area contributed by atoms with E-state index in [4.69, 9.17) is 4.74 Å². The van der Waals surface area contributed by atoms with Gasteiger partial charge in [-0.15, -0.1) is 0 Å². The molecular weight excluding hydrogens is 236 g/mol. The van der Waals surface area contributed by atoms with Crippen LogP contribution in [0.1, 0.15) is 25.3 Å². The minimum atomic E-state index is 0.439. The fraction of sp³-hybridized carbons (Fsp3) is 0.625. The summed E-state index contributed by atoms with van der Waals surface area (Å²) in [5, 5.41) is 3.51. The summed E-state index contributed by atoms with van der Waals surface area (Å²) in [4.78, 5) is 2.41. The van der Waals surface area contributed by atoms with Crippen molar-refractivity contribution in [3.63, 3.8) is 0 Å². The van der Waals surface area contributed by atoms with E-state index in [1.54, 1.807) is 0 Å². The van der Waals surface area contributed by atoms with Crippen LogP contribution < -0.4 is 10.2 Å². The van der Waals surface area contributed by atoms with Crippen LogP contribution in [-0.4, -0.2) is 38.9 Å². The highest BCUT2D eigenvalue weighted by Crippen LogP contribution is 2.15. The minimum Gasteiger partial charge on any atom is -0.377 e. The normalized spacial score (nSPS) is 18.7. The van der Waals surface area contributed by atoms with E-state index in [2.05, 4.69) is 48.3 Å². The second-order valence-electron chi connectivity index (χ2n) is 5.26. The molecule has 1 unspecified atom stereocenters. The van der Waals surface area contributed by atoms with Crippen LogP contribution in [-0.2, 0) is 4.74 Å². The second kappa shape index (κ2) is 7.51. The SMILES string of the molecule is CCN(CCNCC1CCCO1)c1cccc(C)c1. The van der Waals surface area contributed by atoms with Crippen molar-refractivity contribution >= 4 is 5.69 Å². The molecule has 1 aliphatic heterocycles. The van der Waals surface area contributed by atoms with Crippen molar-refractivity contribution in [3.8, 4) is 0 Å². The fourth-order valence-corrected chi connectivity index (χ4v) is 2.58. The standard InChI is InChI=1S/C16H26N2O/c1-3-18(15-7-4-6-14(2)12-15)10-9-17-13-16-8-5-11-19-16/h4,6-7,12,16-17H,3,5,8-11,13H2,1-2H3. The monoisotopic (exact) mass is 262 g/mol. The molecule has 1 atom stereocenters. The van der Waals surface area contributed by atoms with Gasteiger partial charge >= 0.3 is 0 Å². The highest BCUT2D eigenvalue weighted by Gasteiger charge is 2.14. The van der Waals surface area contributed by atoms with E-state index < -0.39 is 0 Å². The van der Waals surface area contributed by atoms with Gasteiger partial charge in [-0.05, 0) is 44.4 Å². The lowest BCUT2D eigenvalue weighted by molar-refractivity contribution is 0.110. The first-order valence-electron chi connectivity index (χ1n) is 7.43. The number of hydrogen-bond donors (Lipinski definition) is 1. The molecule has 0 saturated carbocycles. The smallest absolute Gasteiger partial charge is 0.0700 e. The number of anilines is 1. The first-order chi connectivity index (χ1) is 9.29. The van der Waals surface area contributed by atoms with Gasteiger partial charge in [0.15, 0.2) is 0 Å². The quantitative estimate of drug-likeness (QED) is 0.764. The summed E-state index contributed by atoms with van der Waals surface area (Å²) >= 11 is 0. The van der Waals surface area contributed by atoms with Gasteiger partial charge in [-0.2, -0.15) is 0 Å². The van der Waals surface area contributed by atoms with Crippen molar-refractivity contribution in [1.29, 1.82) is 0 Å². The Morgan fingerprint density at radius 1 is 1.42 bits per heavy atom. The predicted molar refractivity (Wildman–Crippen MR) is 80.9 cm³/mol. The molecule has 0 aromatic heterocycles. The molecule has 1 N–H and O–H groups in total. The Kier molecular flexibility index (Phi) is 5.67. The zero-order valence-electron chi connectivity index (χ0n) is 12.2. The van der Waals surface area contributed by atoms with Crippen LogP contribution in [0.4, 0.5) is 5.69 Å². The summed E-state index contributed by atoms with van der Waals surface area (Å²) in [5.41, 5.74) is 2.64. The van der Waals surface area contributed by atoms with Gasteiger partial charge in [0.1, 0.15) is 0 Å². The molecule has 1 aromatic rings. The van der Waals surface area contributed by atoms with E-state index in [0.717, 1.165) is 32.8 Å². The molecule has 0 aliphatic carbocycles. The Morgan fingerprint density at radius 2 is 2.32 bits per heavy atom. The first kappa shape index (κ1) is 14.4. The largest absolute Gasteiger partial charge is 0.377 e. The number of benzene rings is 1.